The Balaban J connectivity index is 2.25. The summed E-state index contributed by atoms with van der Waals surface area (Å²) in [6.45, 7) is 5.96. The molecule has 5 nitrogen and oxygen atoms in total. The Morgan fingerprint density at radius 2 is 2.39 bits per heavy atom. The summed E-state index contributed by atoms with van der Waals surface area (Å²) in [5.41, 5.74) is 5.86. The second-order valence-corrected chi connectivity index (χ2v) is 4.98. The average Bonchev–Trinajstić information content (AvgIpc) is 2.39. The van der Waals surface area contributed by atoms with Gasteiger partial charge in [-0.2, -0.15) is 0 Å². The van der Waals surface area contributed by atoms with E-state index >= 15 is 0 Å². The van der Waals surface area contributed by atoms with Gasteiger partial charge in [0.25, 0.3) is 0 Å². The zero-order valence-electron chi connectivity index (χ0n) is 11.7. The maximum Gasteiger partial charge on any atom is 0.237 e. The Labute approximate surface area is 110 Å². The van der Waals surface area contributed by atoms with Crippen LogP contribution in [0.5, 0.6) is 0 Å². The van der Waals surface area contributed by atoms with Gasteiger partial charge in [0.1, 0.15) is 0 Å². The third-order valence-electron chi connectivity index (χ3n) is 3.50. The van der Waals surface area contributed by atoms with Crippen molar-refractivity contribution >= 4 is 5.91 Å². The number of amides is 1. The van der Waals surface area contributed by atoms with Crippen LogP contribution in [0.3, 0.4) is 0 Å². The van der Waals surface area contributed by atoms with Crippen LogP contribution in [-0.2, 0) is 9.53 Å². The van der Waals surface area contributed by atoms with Gasteiger partial charge in [0.15, 0.2) is 0 Å². The van der Waals surface area contributed by atoms with E-state index < -0.39 is 6.04 Å². The number of likely N-dealkylation sites (tertiary alicyclic amines) is 1. The highest BCUT2D eigenvalue weighted by Crippen LogP contribution is 2.09. The molecular weight excluding hydrogens is 230 g/mol. The number of carbonyl (C=O) groups excluding carboxylic acids is 1. The van der Waals surface area contributed by atoms with E-state index in [1.807, 2.05) is 0 Å². The van der Waals surface area contributed by atoms with Crippen LogP contribution in [-0.4, -0.2) is 56.2 Å². The van der Waals surface area contributed by atoms with Crippen molar-refractivity contribution in [1.82, 2.24) is 10.2 Å². The molecule has 0 aromatic heterocycles. The first-order chi connectivity index (χ1) is 8.67. The van der Waals surface area contributed by atoms with Crippen LogP contribution < -0.4 is 11.1 Å². The van der Waals surface area contributed by atoms with Gasteiger partial charge in [0.2, 0.25) is 5.91 Å². The molecule has 0 saturated carbocycles. The normalized spacial score (nSPS) is 22.7. The fraction of sp³-hybridized carbons (Fsp3) is 0.923. The first-order valence-corrected chi connectivity index (χ1v) is 6.94. The monoisotopic (exact) mass is 257 g/mol. The van der Waals surface area contributed by atoms with E-state index in [0.29, 0.717) is 13.0 Å². The van der Waals surface area contributed by atoms with E-state index in [4.69, 9.17) is 10.5 Å². The molecule has 1 saturated heterocycles. The van der Waals surface area contributed by atoms with Gasteiger partial charge >= 0.3 is 0 Å². The zero-order chi connectivity index (χ0) is 13.4. The molecule has 1 heterocycles. The van der Waals surface area contributed by atoms with Crippen LogP contribution in [0.25, 0.3) is 0 Å². The number of nitrogens with two attached hydrogens (primary N) is 1. The first-order valence-electron chi connectivity index (χ1n) is 6.94. The molecule has 2 atom stereocenters. The number of likely N-dealkylation sites (N-methyl/N-ethyl adjacent to an activating group) is 1. The minimum absolute atomic E-state index is 0.0194. The van der Waals surface area contributed by atoms with E-state index in [-0.39, 0.29) is 11.9 Å². The van der Waals surface area contributed by atoms with Crippen molar-refractivity contribution < 1.29 is 9.53 Å². The summed E-state index contributed by atoms with van der Waals surface area (Å²) in [6, 6.07) is -0.142. The van der Waals surface area contributed by atoms with Gasteiger partial charge in [-0.25, -0.2) is 0 Å². The van der Waals surface area contributed by atoms with Crippen LogP contribution in [0.4, 0.5) is 0 Å². The molecule has 1 amide bonds. The van der Waals surface area contributed by atoms with Crippen molar-refractivity contribution in [3.63, 3.8) is 0 Å². The lowest BCUT2D eigenvalue weighted by molar-refractivity contribution is -0.123. The average molecular weight is 257 g/mol. The Hall–Kier alpha value is -0.650. The summed E-state index contributed by atoms with van der Waals surface area (Å²) < 4.78 is 4.96. The number of nitrogens with zero attached hydrogens (tertiary/aromatic N) is 1. The molecular formula is C13H27N3O2. The molecule has 0 aromatic carbocycles. The van der Waals surface area contributed by atoms with Crippen molar-refractivity contribution in [3.8, 4) is 0 Å². The third kappa shape index (κ3) is 5.33. The van der Waals surface area contributed by atoms with Gasteiger partial charge in [-0.1, -0.05) is 6.92 Å². The molecule has 5 heteroatoms. The number of ether oxygens (including phenoxy) is 1. The van der Waals surface area contributed by atoms with E-state index in [2.05, 4.69) is 17.1 Å². The molecule has 0 bridgehead atoms. The fourth-order valence-electron chi connectivity index (χ4n) is 2.35. The second kappa shape index (κ2) is 8.45. The Morgan fingerprint density at radius 1 is 1.61 bits per heavy atom. The summed E-state index contributed by atoms with van der Waals surface area (Å²) in [5, 5.41) is 3.06. The van der Waals surface area contributed by atoms with Crippen LogP contribution in [0.1, 0.15) is 32.6 Å². The first kappa shape index (κ1) is 15.4. The minimum atomic E-state index is -0.405. The summed E-state index contributed by atoms with van der Waals surface area (Å²) in [7, 11) is 1.66. The van der Waals surface area contributed by atoms with Gasteiger partial charge in [0, 0.05) is 26.3 Å². The smallest absolute Gasteiger partial charge is 0.237 e. The molecule has 3 N–H and O–H groups in total. The lowest BCUT2D eigenvalue weighted by atomic mass is 10.0. The molecule has 0 radical (unpaired) electrons. The molecule has 106 valence electrons. The number of hydrogen-bond donors (Lipinski definition) is 2. The van der Waals surface area contributed by atoms with Gasteiger partial charge < -0.3 is 20.7 Å². The maximum absolute atomic E-state index is 11.9. The molecule has 1 aliphatic heterocycles. The van der Waals surface area contributed by atoms with Gasteiger partial charge in [-0.3, -0.25) is 4.79 Å². The van der Waals surface area contributed by atoms with Crippen LogP contribution in [0.15, 0.2) is 0 Å². The SMILES string of the molecule is CCN1CCCC(NC(=O)C(N)CCCOC)C1. The molecule has 18 heavy (non-hydrogen) atoms. The second-order valence-electron chi connectivity index (χ2n) is 4.98. The lowest BCUT2D eigenvalue weighted by Gasteiger charge is -2.32. The standard InChI is InChI=1S/C13H27N3O2/c1-3-16-8-4-6-11(10-16)15-13(17)12(14)7-5-9-18-2/h11-12H,3-10,14H2,1-2H3,(H,15,17). The predicted octanol–water partition coefficient (Wildman–Crippen LogP) is 0.341. The van der Waals surface area contributed by atoms with Crippen molar-refractivity contribution in [2.24, 2.45) is 5.73 Å². The molecule has 0 aliphatic carbocycles. The van der Waals surface area contributed by atoms with Gasteiger partial charge in [0.05, 0.1) is 6.04 Å². The Bertz CT molecular complexity index is 248. The number of carbonyl (C=O) groups is 1. The Kier molecular flexibility index (Phi) is 7.23. The minimum Gasteiger partial charge on any atom is -0.385 e. The van der Waals surface area contributed by atoms with E-state index in [9.17, 15) is 4.79 Å². The highest BCUT2D eigenvalue weighted by atomic mass is 16.5. The van der Waals surface area contributed by atoms with Crippen LogP contribution in [0, 0.1) is 0 Å². The summed E-state index contributed by atoms with van der Waals surface area (Å²) >= 11 is 0. The number of rotatable bonds is 7. The largest absolute Gasteiger partial charge is 0.385 e. The number of hydrogen-bond acceptors (Lipinski definition) is 4. The van der Waals surface area contributed by atoms with E-state index in [0.717, 1.165) is 38.9 Å². The number of methoxy groups -OCH3 is 1. The van der Waals surface area contributed by atoms with Crippen molar-refractivity contribution in [2.75, 3.05) is 33.4 Å². The highest BCUT2D eigenvalue weighted by molar-refractivity contribution is 5.81. The van der Waals surface area contributed by atoms with Gasteiger partial charge in [-0.15, -0.1) is 0 Å². The van der Waals surface area contributed by atoms with Crippen LogP contribution in [0.2, 0.25) is 0 Å². The lowest BCUT2D eigenvalue weighted by Crippen LogP contribution is -2.51. The summed E-state index contributed by atoms with van der Waals surface area (Å²) in [5.74, 6) is -0.0194. The highest BCUT2D eigenvalue weighted by Gasteiger charge is 2.22. The molecule has 0 aromatic rings. The topological polar surface area (TPSA) is 67.6 Å². The van der Waals surface area contributed by atoms with Crippen molar-refractivity contribution in [1.29, 1.82) is 0 Å². The Morgan fingerprint density at radius 3 is 3.06 bits per heavy atom. The van der Waals surface area contributed by atoms with Gasteiger partial charge in [-0.05, 0) is 38.8 Å². The maximum atomic E-state index is 11.9. The van der Waals surface area contributed by atoms with Crippen LogP contribution >= 0.6 is 0 Å². The summed E-state index contributed by atoms with van der Waals surface area (Å²) in [4.78, 5) is 14.3. The number of piperidine rings is 1. The molecule has 1 fully saturated rings. The fourth-order valence-corrected chi connectivity index (χ4v) is 2.35. The molecule has 1 aliphatic rings. The quantitative estimate of drug-likeness (QED) is 0.645. The molecule has 0 spiro atoms. The number of nitrogens with one attached hydrogen (secondary N) is 1. The van der Waals surface area contributed by atoms with Crippen molar-refractivity contribution in [3.05, 3.63) is 0 Å². The van der Waals surface area contributed by atoms with E-state index in [1.54, 1.807) is 7.11 Å². The summed E-state index contributed by atoms with van der Waals surface area (Å²) in [6.07, 6.45) is 3.73. The van der Waals surface area contributed by atoms with Crippen molar-refractivity contribution in [2.45, 2.75) is 44.7 Å². The molecule has 2 unspecified atom stereocenters. The predicted molar refractivity (Wildman–Crippen MR) is 72.4 cm³/mol. The van der Waals surface area contributed by atoms with E-state index in [1.165, 1.54) is 0 Å². The zero-order valence-corrected chi connectivity index (χ0v) is 11.7. The third-order valence-corrected chi connectivity index (χ3v) is 3.50. The molecule has 1 rings (SSSR count).